The Bertz CT molecular complexity index is 2160. The summed E-state index contributed by atoms with van der Waals surface area (Å²) in [7, 11) is -0.252. The van der Waals surface area contributed by atoms with Crippen LogP contribution in [-0.4, -0.2) is 114 Å². The molecule has 2 fully saturated rings. The highest BCUT2D eigenvalue weighted by molar-refractivity contribution is 7.94. The second kappa shape index (κ2) is 17.5. The minimum atomic E-state index is -3.38. The van der Waals surface area contributed by atoms with Crippen LogP contribution in [0.5, 0.6) is 11.6 Å². The van der Waals surface area contributed by atoms with Crippen molar-refractivity contribution in [2.24, 2.45) is 29.2 Å². The Labute approximate surface area is 347 Å². The van der Waals surface area contributed by atoms with Crippen molar-refractivity contribution in [2.75, 3.05) is 82.7 Å². The van der Waals surface area contributed by atoms with Crippen LogP contribution in [0.2, 0.25) is 5.02 Å². The number of carbonyl (C=O) groups is 2. The van der Waals surface area contributed by atoms with Crippen molar-refractivity contribution in [3.63, 3.8) is 0 Å². The summed E-state index contributed by atoms with van der Waals surface area (Å²) < 4.78 is 45.3. The first-order chi connectivity index (χ1) is 28.0. The zero-order valence-electron chi connectivity index (χ0n) is 33.9. The minimum Gasteiger partial charge on any atom is -0.490 e. The van der Waals surface area contributed by atoms with E-state index in [-0.39, 0.29) is 34.6 Å². The summed E-state index contributed by atoms with van der Waals surface area (Å²) in [6, 6.07) is 11.7. The molecule has 312 valence electrons. The number of carbonyl (C=O) groups excluding carboxylic acids is 2. The van der Waals surface area contributed by atoms with Crippen LogP contribution in [0.25, 0.3) is 0 Å². The number of methoxy groups -OCH3 is 1. The Morgan fingerprint density at radius 2 is 1.98 bits per heavy atom. The van der Waals surface area contributed by atoms with E-state index in [1.54, 1.807) is 19.3 Å². The highest BCUT2D eigenvalue weighted by Gasteiger charge is 2.44. The molecule has 0 N–H and O–H groups in total. The number of fused-ring (bicyclic) bond motifs is 4. The molecule has 4 heterocycles. The van der Waals surface area contributed by atoms with Gasteiger partial charge in [0.25, 0.3) is 5.91 Å². The van der Waals surface area contributed by atoms with E-state index in [0.717, 1.165) is 82.2 Å². The molecule has 8 rings (SSSR count). The zero-order valence-corrected chi connectivity index (χ0v) is 35.5. The lowest BCUT2D eigenvalue weighted by atomic mass is 9.68. The Morgan fingerprint density at radius 3 is 2.78 bits per heavy atom. The van der Waals surface area contributed by atoms with Gasteiger partial charge in [0.2, 0.25) is 5.88 Å². The van der Waals surface area contributed by atoms with Crippen molar-refractivity contribution in [2.45, 2.75) is 57.0 Å². The minimum absolute atomic E-state index is 0.0676. The van der Waals surface area contributed by atoms with E-state index in [9.17, 15) is 13.8 Å². The monoisotopic (exact) mass is 833 g/mol. The van der Waals surface area contributed by atoms with Crippen LogP contribution in [0.15, 0.2) is 59.1 Å². The summed E-state index contributed by atoms with van der Waals surface area (Å²) in [6.07, 6.45) is 11.5. The number of benzene rings is 2. The van der Waals surface area contributed by atoms with Crippen molar-refractivity contribution in [3.8, 4) is 11.6 Å². The molecule has 1 saturated carbocycles. The van der Waals surface area contributed by atoms with Crippen LogP contribution >= 0.6 is 11.6 Å². The topological polar surface area (TPSA) is 125 Å². The summed E-state index contributed by atoms with van der Waals surface area (Å²) in [5.74, 6) is -0.0294. The van der Waals surface area contributed by atoms with E-state index in [0.29, 0.717) is 49.3 Å². The van der Waals surface area contributed by atoms with Crippen molar-refractivity contribution in [3.05, 3.63) is 82.0 Å². The average Bonchev–Trinajstić information content (AvgIpc) is 3.51. The molecule has 0 radical (unpaired) electrons. The third-order valence-corrected chi connectivity index (χ3v) is 15.3. The van der Waals surface area contributed by atoms with Gasteiger partial charge in [-0.3, -0.25) is 19.2 Å². The molecule has 3 aromatic rings. The Morgan fingerprint density at radius 1 is 1.14 bits per heavy atom. The number of hydrogen-bond acceptors (Lipinski definition) is 10. The number of aromatic nitrogens is 2. The maximum Gasteiger partial charge on any atom is 0.285 e. The number of Topliss-reactive ketones (excluding diaryl/α,β-unsaturated/α-hetero) is 1. The number of aryl methyl sites for hydroxylation is 2. The highest BCUT2D eigenvalue weighted by Crippen LogP contribution is 2.47. The summed E-state index contributed by atoms with van der Waals surface area (Å²) in [5, 5.41) is 4.96. The summed E-state index contributed by atoms with van der Waals surface area (Å²) in [6.45, 7) is 8.75. The van der Waals surface area contributed by atoms with Crippen molar-refractivity contribution in [1.82, 2.24) is 14.7 Å². The van der Waals surface area contributed by atoms with Gasteiger partial charge in [0.1, 0.15) is 11.3 Å². The normalized spacial score (nSPS) is 29.6. The first-order valence-corrected chi connectivity index (χ1v) is 23.0. The van der Waals surface area contributed by atoms with Gasteiger partial charge in [0.15, 0.2) is 5.78 Å². The maximum atomic E-state index is 14.9. The predicted molar refractivity (Wildman–Crippen MR) is 225 cm³/mol. The van der Waals surface area contributed by atoms with E-state index in [1.807, 2.05) is 25.1 Å². The molecule has 14 heteroatoms. The van der Waals surface area contributed by atoms with Crippen LogP contribution in [0.4, 0.5) is 5.69 Å². The Balaban J connectivity index is 1.17. The average molecular weight is 834 g/mol. The molecule has 1 saturated heterocycles. The predicted octanol–water partition coefficient (Wildman–Crippen LogP) is 6.39. The lowest BCUT2D eigenvalue weighted by Gasteiger charge is -2.46. The number of amides is 1. The van der Waals surface area contributed by atoms with Crippen LogP contribution in [0, 0.1) is 17.8 Å². The fraction of sp³-hybridized carbons (Fsp3) is 0.568. The van der Waals surface area contributed by atoms with E-state index >= 15 is 0 Å². The van der Waals surface area contributed by atoms with E-state index in [4.69, 9.17) is 30.5 Å². The molecule has 2 aromatic carbocycles. The maximum absolute atomic E-state index is 14.9. The van der Waals surface area contributed by atoms with Crippen molar-refractivity contribution >= 4 is 38.7 Å². The molecule has 2 aliphatic carbocycles. The molecule has 0 unspecified atom stereocenters. The fourth-order valence-electron chi connectivity index (χ4n) is 9.63. The van der Waals surface area contributed by atoms with E-state index in [1.165, 1.54) is 22.9 Å². The van der Waals surface area contributed by atoms with Gasteiger partial charge in [-0.25, -0.2) is 4.21 Å². The van der Waals surface area contributed by atoms with Crippen LogP contribution < -0.4 is 14.4 Å². The van der Waals surface area contributed by atoms with Gasteiger partial charge in [-0.1, -0.05) is 36.7 Å². The van der Waals surface area contributed by atoms with Gasteiger partial charge in [-0.05, 0) is 97.7 Å². The Kier molecular flexibility index (Phi) is 12.3. The quantitative estimate of drug-likeness (QED) is 0.187. The van der Waals surface area contributed by atoms with E-state index in [2.05, 4.69) is 43.5 Å². The smallest absolute Gasteiger partial charge is 0.285 e. The number of hydrogen-bond donors (Lipinski definition) is 0. The van der Waals surface area contributed by atoms with Gasteiger partial charge in [0.05, 0.1) is 60.8 Å². The molecule has 1 aromatic heterocycles. The third kappa shape index (κ3) is 8.89. The van der Waals surface area contributed by atoms with Gasteiger partial charge >= 0.3 is 0 Å². The number of morpholine rings is 1. The Hall–Kier alpha value is -3.75. The first-order valence-electron chi connectivity index (χ1n) is 20.8. The molecule has 6 atom stereocenters. The number of rotatable bonds is 8. The molecular formula is C44H56ClN5O7S. The number of ether oxygens (including phenoxy) is 4. The summed E-state index contributed by atoms with van der Waals surface area (Å²) in [4.78, 5) is 32.8. The molecule has 2 bridgehead atoms. The van der Waals surface area contributed by atoms with Crippen molar-refractivity contribution in [1.29, 1.82) is 0 Å². The third-order valence-electron chi connectivity index (χ3n) is 12.8. The molecule has 58 heavy (non-hydrogen) atoms. The lowest BCUT2D eigenvalue weighted by Crippen LogP contribution is -2.50. The number of ketones is 1. The second-order valence-corrected chi connectivity index (χ2v) is 19.8. The largest absolute Gasteiger partial charge is 0.490 e. The van der Waals surface area contributed by atoms with Crippen molar-refractivity contribution < 1.29 is 32.7 Å². The lowest BCUT2D eigenvalue weighted by molar-refractivity contribution is -0.0315. The number of nitrogens with zero attached hydrogens (tertiary/aromatic N) is 5. The molecule has 5 aliphatic rings. The fourth-order valence-corrected chi connectivity index (χ4v) is 12.1. The van der Waals surface area contributed by atoms with Gasteiger partial charge < -0.3 is 23.8 Å². The van der Waals surface area contributed by atoms with Crippen LogP contribution in [0.3, 0.4) is 0 Å². The van der Waals surface area contributed by atoms with Gasteiger partial charge in [0, 0.05) is 67.7 Å². The highest BCUT2D eigenvalue weighted by atomic mass is 35.5. The number of anilines is 1. The first kappa shape index (κ1) is 41.0. The van der Waals surface area contributed by atoms with Gasteiger partial charge in [-0.15, -0.1) is 5.10 Å². The number of allylic oxidation sites excluding steroid dienone is 1. The molecule has 1 spiro atoms. The number of halogens is 1. The molecular weight excluding hydrogens is 778 g/mol. The second-order valence-electron chi connectivity index (χ2n) is 17.0. The standard InChI is InChI=1S/C44H56ClN5O7S/c1-30-6-4-8-40(56-21-18-49-16-19-55-20-17-49)35-12-9-33(35)24-50-28-44(15-5-7-31-22-34(45)11-13-37(31)44)29-57-41-14-10-32(23-38(41)50)42(52)47-58(53,26-30)27-39(51)36-25-48(2)46-43(36)54-3/h4,8,10-11,13-14,22-23,25,30,33,35,40H,5-7,9,12,15-21,24,26-29H2,1-3H3/b8-4+/t30-,33-,35+,40-,44-,58+/m0/s1. The van der Waals surface area contributed by atoms with Crippen LogP contribution in [-0.2, 0) is 38.1 Å². The molecule has 12 nitrogen and oxygen atoms in total. The SMILES string of the molecule is COc1nn(C)cc1C(=O)C[S@@]1(=O)=NC(=O)c2ccc3c(c2)N(C[C@@H]2CC[C@H]2[C@@H](OCCN2CCOCC2)/C=C/C[C@H](C)C1)C[C@@]1(CCCc2cc(Cl)ccc21)CO3. The summed E-state index contributed by atoms with van der Waals surface area (Å²) in [5.41, 5.74) is 3.61. The van der Waals surface area contributed by atoms with Crippen LogP contribution in [0.1, 0.15) is 70.9 Å². The van der Waals surface area contributed by atoms with E-state index < -0.39 is 27.2 Å². The zero-order chi connectivity index (χ0) is 40.4. The summed E-state index contributed by atoms with van der Waals surface area (Å²) >= 11 is 6.52. The molecule has 3 aliphatic heterocycles. The molecule has 1 amide bonds. The van der Waals surface area contributed by atoms with Gasteiger partial charge in [-0.2, -0.15) is 4.36 Å².